The monoisotopic (exact) mass is 364 g/mol. The van der Waals surface area contributed by atoms with Crippen LogP contribution in [0.3, 0.4) is 0 Å². The van der Waals surface area contributed by atoms with Crippen molar-refractivity contribution in [3.05, 3.63) is 36.5 Å². The van der Waals surface area contributed by atoms with E-state index in [2.05, 4.69) is 58.7 Å². The first-order valence-corrected chi connectivity index (χ1v) is 12.4. The zero-order valence-corrected chi connectivity index (χ0v) is 18.1. The van der Waals surface area contributed by atoms with Gasteiger partial charge in [-0.25, -0.2) is 0 Å². The summed E-state index contributed by atoms with van der Waals surface area (Å²) in [5, 5.41) is 0.219. The smallest absolute Gasteiger partial charge is 0.192 e. The Kier molecular flexibility index (Phi) is 6.20. The molecule has 0 N–H and O–H groups in total. The summed E-state index contributed by atoms with van der Waals surface area (Å²) in [4.78, 5) is 0. The molecule has 142 valence electrons. The van der Waals surface area contributed by atoms with Crippen molar-refractivity contribution in [1.29, 1.82) is 0 Å². The first-order chi connectivity index (χ1) is 11.5. The lowest BCUT2D eigenvalue weighted by atomic mass is 9.94. The van der Waals surface area contributed by atoms with Crippen molar-refractivity contribution >= 4 is 8.32 Å². The first kappa shape index (κ1) is 20.6. The van der Waals surface area contributed by atoms with Gasteiger partial charge in [0.05, 0.1) is 0 Å². The number of hydrogen-bond donors (Lipinski definition) is 0. The van der Waals surface area contributed by atoms with E-state index in [4.69, 9.17) is 13.9 Å². The molecule has 1 saturated heterocycles. The van der Waals surface area contributed by atoms with Crippen LogP contribution in [0.1, 0.15) is 53.9 Å². The fourth-order valence-electron chi connectivity index (χ4n) is 3.16. The number of hydrogen-bond acceptors (Lipinski definition) is 3. The van der Waals surface area contributed by atoms with Gasteiger partial charge in [-0.3, -0.25) is 0 Å². The van der Waals surface area contributed by atoms with Crippen LogP contribution in [0.15, 0.2) is 36.5 Å². The minimum absolute atomic E-state index is 0.0363. The molecule has 2 rings (SSSR count). The van der Waals surface area contributed by atoms with Crippen molar-refractivity contribution < 1.29 is 13.9 Å². The Morgan fingerprint density at radius 1 is 1.32 bits per heavy atom. The van der Waals surface area contributed by atoms with Gasteiger partial charge in [0.1, 0.15) is 12.2 Å². The molecule has 0 aromatic rings. The summed E-state index contributed by atoms with van der Waals surface area (Å²) in [7, 11) is -1.78. The van der Waals surface area contributed by atoms with Gasteiger partial charge in [0.25, 0.3) is 0 Å². The highest BCUT2D eigenvalue weighted by molar-refractivity contribution is 6.74. The fourth-order valence-corrected chi connectivity index (χ4v) is 4.56. The van der Waals surface area contributed by atoms with Crippen LogP contribution in [0.25, 0.3) is 0 Å². The number of ether oxygens (including phenoxy) is 2. The Labute approximate surface area is 155 Å². The standard InChI is InChI=1S/C21H36O3Si/c1-9-11-17(24-25(7,8)20(2,3)4)15-14-16-12-10-13-18-19(16)23-21(5,6)22-18/h9-10,12-13,17-19H,1,11,14-15H2,2-8H3/t17?,18-,19+/m0/s1. The molecule has 1 heterocycles. The summed E-state index contributed by atoms with van der Waals surface area (Å²) in [6, 6.07) is 0. The van der Waals surface area contributed by atoms with Gasteiger partial charge in [-0.15, -0.1) is 6.58 Å². The Hall–Kier alpha value is -0.683. The van der Waals surface area contributed by atoms with E-state index in [1.807, 2.05) is 19.9 Å². The van der Waals surface area contributed by atoms with Crippen molar-refractivity contribution in [2.75, 3.05) is 0 Å². The van der Waals surface area contributed by atoms with E-state index in [0.29, 0.717) is 0 Å². The Morgan fingerprint density at radius 2 is 2.00 bits per heavy atom. The molecule has 0 aromatic carbocycles. The lowest BCUT2D eigenvalue weighted by Gasteiger charge is -2.39. The third-order valence-electron chi connectivity index (χ3n) is 5.56. The summed E-state index contributed by atoms with van der Waals surface area (Å²) in [5.41, 5.74) is 1.31. The zero-order chi connectivity index (χ0) is 18.9. The molecular weight excluding hydrogens is 328 g/mol. The maximum atomic E-state index is 6.64. The van der Waals surface area contributed by atoms with Crippen molar-refractivity contribution in [3.63, 3.8) is 0 Å². The summed E-state index contributed by atoms with van der Waals surface area (Å²) in [6.45, 7) is 19.4. The molecule has 1 unspecified atom stereocenters. The molecule has 0 radical (unpaired) electrons. The van der Waals surface area contributed by atoms with Gasteiger partial charge in [-0.2, -0.15) is 0 Å². The first-order valence-electron chi connectivity index (χ1n) is 9.47. The minimum Gasteiger partial charge on any atom is -0.414 e. The predicted octanol–water partition coefficient (Wildman–Crippen LogP) is 5.75. The number of allylic oxidation sites excluding steroid dienone is 2. The average molecular weight is 365 g/mol. The molecule has 0 amide bonds. The van der Waals surface area contributed by atoms with Gasteiger partial charge in [0.15, 0.2) is 14.1 Å². The van der Waals surface area contributed by atoms with Crippen LogP contribution in [0.4, 0.5) is 0 Å². The largest absolute Gasteiger partial charge is 0.414 e. The lowest BCUT2D eigenvalue weighted by molar-refractivity contribution is -0.139. The molecule has 2 aliphatic rings. The molecule has 0 bridgehead atoms. The second-order valence-electron chi connectivity index (χ2n) is 9.21. The van der Waals surface area contributed by atoms with E-state index < -0.39 is 14.1 Å². The van der Waals surface area contributed by atoms with Gasteiger partial charge >= 0.3 is 0 Å². The van der Waals surface area contributed by atoms with Crippen molar-refractivity contribution in [1.82, 2.24) is 0 Å². The van der Waals surface area contributed by atoms with E-state index >= 15 is 0 Å². The average Bonchev–Trinajstić information content (AvgIpc) is 2.77. The lowest BCUT2D eigenvalue weighted by Crippen LogP contribution is -2.44. The van der Waals surface area contributed by atoms with Crippen LogP contribution < -0.4 is 0 Å². The highest BCUT2D eigenvalue weighted by Crippen LogP contribution is 2.39. The minimum atomic E-state index is -1.78. The van der Waals surface area contributed by atoms with Crippen molar-refractivity contribution in [2.24, 2.45) is 0 Å². The van der Waals surface area contributed by atoms with Gasteiger partial charge in [-0.05, 0) is 56.8 Å². The van der Waals surface area contributed by atoms with Gasteiger partial charge in [0.2, 0.25) is 0 Å². The molecule has 1 aliphatic heterocycles. The van der Waals surface area contributed by atoms with Crippen LogP contribution in [0, 0.1) is 0 Å². The number of rotatable bonds is 7. The molecular formula is C21H36O3Si. The van der Waals surface area contributed by atoms with E-state index in [0.717, 1.165) is 19.3 Å². The highest BCUT2D eigenvalue weighted by atomic mass is 28.4. The molecule has 0 saturated carbocycles. The van der Waals surface area contributed by atoms with Crippen LogP contribution in [-0.2, 0) is 13.9 Å². The maximum Gasteiger partial charge on any atom is 0.192 e. The Bertz CT molecular complexity index is 540. The van der Waals surface area contributed by atoms with E-state index in [1.54, 1.807) is 0 Å². The second-order valence-corrected chi connectivity index (χ2v) is 14.0. The molecule has 1 fully saturated rings. The molecule has 0 spiro atoms. The van der Waals surface area contributed by atoms with Crippen molar-refractivity contribution in [2.45, 2.75) is 96.1 Å². The topological polar surface area (TPSA) is 27.7 Å². The highest BCUT2D eigenvalue weighted by Gasteiger charge is 2.43. The maximum absolute atomic E-state index is 6.64. The Morgan fingerprint density at radius 3 is 2.60 bits per heavy atom. The molecule has 3 atom stereocenters. The van der Waals surface area contributed by atoms with Crippen LogP contribution >= 0.6 is 0 Å². The third-order valence-corrected chi connectivity index (χ3v) is 10.1. The summed E-state index contributed by atoms with van der Waals surface area (Å²) < 4.78 is 18.7. The predicted molar refractivity (Wildman–Crippen MR) is 107 cm³/mol. The van der Waals surface area contributed by atoms with Crippen LogP contribution in [0.5, 0.6) is 0 Å². The zero-order valence-electron chi connectivity index (χ0n) is 17.1. The van der Waals surface area contributed by atoms with E-state index in [-0.39, 0.29) is 23.4 Å². The molecule has 4 heteroatoms. The second kappa shape index (κ2) is 7.51. The van der Waals surface area contributed by atoms with E-state index in [1.165, 1.54) is 5.57 Å². The summed E-state index contributed by atoms with van der Waals surface area (Å²) in [5.74, 6) is -0.513. The third kappa shape index (κ3) is 5.16. The van der Waals surface area contributed by atoms with Crippen molar-refractivity contribution in [3.8, 4) is 0 Å². The summed E-state index contributed by atoms with van der Waals surface area (Å²) >= 11 is 0. The number of fused-ring (bicyclic) bond motifs is 1. The van der Waals surface area contributed by atoms with Crippen LogP contribution in [-0.4, -0.2) is 32.4 Å². The molecule has 25 heavy (non-hydrogen) atoms. The van der Waals surface area contributed by atoms with Crippen LogP contribution in [0.2, 0.25) is 18.1 Å². The van der Waals surface area contributed by atoms with E-state index in [9.17, 15) is 0 Å². The van der Waals surface area contributed by atoms with Gasteiger partial charge < -0.3 is 13.9 Å². The molecule has 0 aromatic heterocycles. The fraction of sp³-hybridized carbons (Fsp3) is 0.714. The summed E-state index contributed by atoms with van der Waals surface area (Å²) in [6.07, 6.45) is 11.5. The van der Waals surface area contributed by atoms with Gasteiger partial charge in [0, 0.05) is 6.10 Å². The molecule has 1 aliphatic carbocycles. The molecule has 3 nitrogen and oxygen atoms in total. The quantitative estimate of drug-likeness (QED) is 0.425. The normalized spacial score (nSPS) is 26.9. The van der Waals surface area contributed by atoms with Gasteiger partial charge in [-0.1, -0.05) is 45.1 Å². The SMILES string of the molecule is C=CCC(CCC1=CC=C[C@@H]2OC(C)(C)O[C@H]12)O[Si](C)(C)C(C)(C)C. The Balaban J connectivity index is 2.00.